The van der Waals surface area contributed by atoms with Gasteiger partial charge < -0.3 is 25.8 Å². The highest BCUT2D eigenvalue weighted by atomic mass is 32.1. The lowest BCUT2D eigenvalue weighted by atomic mass is 9.74. The Morgan fingerprint density at radius 3 is 2.25 bits per heavy atom. The van der Waals surface area contributed by atoms with Crippen LogP contribution in [-0.4, -0.2) is 43.6 Å². The number of quaternary nitrogens is 1. The maximum Gasteiger partial charge on any atom is 0.230 e. The van der Waals surface area contributed by atoms with E-state index in [-0.39, 0.29) is 11.0 Å². The number of carbonyl (C=O) groups is 1. The number of nitriles is 2. The maximum absolute atomic E-state index is 11.9. The first kappa shape index (κ1) is 20.3. The highest BCUT2D eigenvalue weighted by Crippen LogP contribution is 2.31. The smallest absolute Gasteiger partial charge is 0.230 e. The average molecular weight is 353 g/mol. The number of nitrogens with one attached hydrogen (secondary N) is 2. The van der Waals surface area contributed by atoms with E-state index in [0.717, 1.165) is 26.3 Å². The highest BCUT2D eigenvalue weighted by Gasteiger charge is 2.40. The topological polar surface area (TPSA) is 138 Å². The van der Waals surface area contributed by atoms with Crippen molar-refractivity contribution in [3.8, 4) is 12.1 Å². The lowest BCUT2D eigenvalue weighted by molar-refractivity contribution is -0.670. The molecule has 2 saturated heterocycles. The molecule has 0 aromatic rings. The predicted molar refractivity (Wildman–Crippen MR) is 86.7 cm³/mol. The van der Waals surface area contributed by atoms with Crippen molar-refractivity contribution in [2.45, 2.75) is 20.1 Å². The fourth-order valence-electron chi connectivity index (χ4n) is 2.75. The minimum atomic E-state index is -1.43. The third kappa shape index (κ3) is 5.69. The van der Waals surface area contributed by atoms with E-state index in [2.05, 4.69) is 16.0 Å². The van der Waals surface area contributed by atoms with Crippen LogP contribution in [0.15, 0.2) is 0 Å². The largest absolute Gasteiger partial charge is 0.836 e. The normalized spacial score (nSPS) is 24.8. The van der Waals surface area contributed by atoms with Gasteiger partial charge >= 0.3 is 0 Å². The molecule has 132 valence electrons. The van der Waals surface area contributed by atoms with E-state index >= 15 is 0 Å². The molecule has 3 atom stereocenters. The van der Waals surface area contributed by atoms with Gasteiger partial charge in [-0.15, -0.1) is 0 Å². The van der Waals surface area contributed by atoms with Crippen molar-refractivity contribution in [1.29, 1.82) is 10.5 Å². The molecule has 0 aromatic carbocycles. The first-order valence-corrected chi connectivity index (χ1v) is 8.29. The van der Waals surface area contributed by atoms with Gasteiger partial charge in [-0.05, 0) is 24.4 Å². The molecule has 3 unspecified atom stereocenters. The fraction of sp³-hybridized carbons (Fsp3) is 0.733. The zero-order chi connectivity index (χ0) is 18.1. The molecule has 9 heteroatoms. The number of carbonyl (C=O) groups excluding carboxylic acids is 1. The standard InChI is InChI=1S/C11H13N4O2S.C4H9NO/c1-5(2)7(6(3-12)4-13)8-9(16)14-11(18)15-10(8)17;1-3-6-4-2-5-1/h5-9H,1-2H3,(H2,14,15,17,18);5H,1-4H2/q-1;/p+1. The highest BCUT2D eigenvalue weighted by molar-refractivity contribution is 7.80. The average Bonchev–Trinajstić information content (AvgIpc) is 2.55. The number of hydrogen-bond donors (Lipinski definition) is 3. The Morgan fingerprint density at radius 2 is 1.92 bits per heavy atom. The molecule has 0 aromatic heterocycles. The van der Waals surface area contributed by atoms with E-state index in [1.54, 1.807) is 13.8 Å². The van der Waals surface area contributed by atoms with Crippen LogP contribution in [0.4, 0.5) is 0 Å². The molecule has 2 fully saturated rings. The van der Waals surface area contributed by atoms with Crippen molar-refractivity contribution in [3.63, 3.8) is 0 Å². The Bertz CT molecular complexity index is 499. The summed E-state index contributed by atoms with van der Waals surface area (Å²) >= 11 is 4.71. The summed E-state index contributed by atoms with van der Waals surface area (Å²) in [6, 6.07) is 3.68. The molecule has 0 spiro atoms. The van der Waals surface area contributed by atoms with Gasteiger partial charge in [-0.3, -0.25) is 4.79 Å². The number of nitrogens with zero attached hydrogens (tertiary/aromatic N) is 2. The molecule has 8 nitrogen and oxygen atoms in total. The van der Waals surface area contributed by atoms with E-state index < -0.39 is 29.9 Å². The van der Waals surface area contributed by atoms with Crippen LogP contribution in [0.2, 0.25) is 0 Å². The molecule has 2 heterocycles. The van der Waals surface area contributed by atoms with Crippen molar-refractivity contribution < 1.29 is 20.0 Å². The summed E-state index contributed by atoms with van der Waals surface area (Å²) in [4.78, 5) is 11.8. The predicted octanol–water partition coefficient (Wildman–Crippen LogP) is -2.19. The second-order valence-electron chi connectivity index (χ2n) is 5.94. The van der Waals surface area contributed by atoms with E-state index in [1.807, 2.05) is 12.1 Å². The molecule has 0 radical (unpaired) electrons. The number of hydrogen-bond acceptors (Lipinski definition) is 6. The van der Waals surface area contributed by atoms with E-state index in [0.29, 0.717) is 0 Å². The number of thiocarbonyl (C=S) groups is 1. The number of ether oxygens (including phenoxy) is 1. The van der Waals surface area contributed by atoms with Gasteiger partial charge in [0.25, 0.3) is 0 Å². The van der Waals surface area contributed by atoms with Gasteiger partial charge in [0, 0.05) is 11.8 Å². The molecule has 24 heavy (non-hydrogen) atoms. The summed E-state index contributed by atoms with van der Waals surface area (Å²) in [5, 5.41) is 36.8. The fourth-order valence-corrected chi connectivity index (χ4v) is 2.97. The molecule has 0 bridgehead atoms. The lowest BCUT2D eigenvalue weighted by Crippen LogP contribution is -2.87. The van der Waals surface area contributed by atoms with Crippen molar-refractivity contribution in [2.24, 2.45) is 23.7 Å². The second-order valence-corrected chi connectivity index (χ2v) is 6.35. The molecule has 0 saturated carbocycles. The van der Waals surface area contributed by atoms with Crippen LogP contribution in [-0.2, 0) is 9.53 Å². The summed E-state index contributed by atoms with van der Waals surface area (Å²) in [5.41, 5.74) is 0. The third-order valence-corrected chi connectivity index (χ3v) is 4.14. The minimum absolute atomic E-state index is 0.00998. The van der Waals surface area contributed by atoms with Crippen LogP contribution in [0, 0.1) is 46.3 Å². The van der Waals surface area contributed by atoms with Gasteiger partial charge in [0.15, 0.2) is 5.11 Å². The number of amides is 1. The van der Waals surface area contributed by atoms with Crippen LogP contribution in [0.1, 0.15) is 13.8 Å². The summed E-state index contributed by atoms with van der Waals surface area (Å²) in [5.74, 6) is -3.27. The first-order valence-electron chi connectivity index (χ1n) is 7.88. The number of morpholine rings is 1. The van der Waals surface area contributed by atoms with Crippen molar-refractivity contribution in [1.82, 2.24) is 10.6 Å². The van der Waals surface area contributed by atoms with Crippen molar-refractivity contribution >= 4 is 23.2 Å². The second kappa shape index (κ2) is 10.2. The summed E-state index contributed by atoms with van der Waals surface area (Å²) in [6.07, 6.45) is -1.43. The SMILES string of the molecule is C1COCC[NH2+]1.CC(C)C(C(C#N)C#N)C1C(=O)NC(=S)NC1[O-]. The molecule has 4 N–H and O–H groups in total. The van der Waals surface area contributed by atoms with Crippen LogP contribution in [0.5, 0.6) is 0 Å². The molecular weight excluding hydrogens is 330 g/mol. The van der Waals surface area contributed by atoms with Gasteiger partial charge in [0.2, 0.25) is 5.91 Å². The van der Waals surface area contributed by atoms with Crippen LogP contribution < -0.4 is 21.1 Å². The Morgan fingerprint density at radius 1 is 1.33 bits per heavy atom. The molecule has 2 aliphatic rings. The molecular formula is C15H23N5O3S. The Hall–Kier alpha value is -1.78. The van der Waals surface area contributed by atoms with Crippen LogP contribution >= 0.6 is 12.2 Å². The van der Waals surface area contributed by atoms with E-state index in [1.165, 1.54) is 0 Å². The summed E-state index contributed by atoms with van der Waals surface area (Å²) < 4.78 is 5.04. The summed E-state index contributed by atoms with van der Waals surface area (Å²) in [7, 11) is 0. The molecule has 1 amide bonds. The number of nitrogens with two attached hydrogens (primary N) is 1. The third-order valence-electron chi connectivity index (χ3n) is 3.92. The van der Waals surface area contributed by atoms with Gasteiger partial charge in [-0.2, -0.15) is 10.5 Å². The van der Waals surface area contributed by atoms with Gasteiger partial charge in [0.1, 0.15) is 5.92 Å². The van der Waals surface area contributed by atoms with Crippen LogP contribution in [0.3, 0.4) is 0 Å². The quantitative estimate of drug-likeness (QED) is 0.490. The monoisotopic (exact) mass is 353 g/mol. The van der Waals surface area contributed by atoms with Gasteiger partial charge in [-0.25, -0.2) is 0 Å². The minimum Gasteiger partial charge on any atom is -0.836 e. The van der Waals surface area contributed by atoms with E-state index in [4.69, 9.17) is 27.5 Å². The van der Waals surface area contributed by atoms with Crippen molar-refractivity contribution in [3.05, 3.63) is 0 Å². The number of rotatable bonds is 3. The first-order chi connectivity index (χ1) is 11.4. The Labute approximate surface area is 147 Å². The molecule has 2 rings (SSSR count). The summed E-state index contributed by atoms with van der Waals surface area (Å²) in [6.45, 7) is 7.75. The zero-order valence-electron chi connectivity index (χ0n) is 13.8. The Kier molecular flexibility index (Phi) is 8.58. The van der Waals surface area contributed by atoms with Crippen LogP contribution in [0.25, 0.3) is 0 Å². The molecule has 2 aliphatic heterocycles. The lowest BCUT2D eigenvalue weighted by Gasteiger charge is -2.43. The molecule has 0 aliphatic carbocycles. The maximum atomic E-state index is 11.9. The van der Waals surface area contributed by atoms with E-state index in [9.17, 15) is 9.90 Å². The van der Waals surface area contributed by atoms with Gasteiger partial charge in [-0.1, -0.05) is 13.8 Å². The Balaban J connectivity index is 0.000000400. The van der Waals surface area contributed by atoms with Crippen molar-refractivity contribution in [2.75, 3.05) is 26.3 Å². The zero-order valence-corrected chi connectivity index (χ0v) is 14.6. The van der Waals surface area contributed by atoms with Gasteiger partial charge in [0.05, 0.1) is 38.4 Å².